The van der Waals surface area contributed by atoms with Gasteiger partial charge in [0.1, 0.15) is 5.75 Å². The second kappa shape index (κ2) is 6.94. The standard InChI is InChI=1S/C19H18N2O3S/c1-14-7-10-16(11-8-14)25(22,23)21-20-13-18-17-6-4-3-5-15(17)9-12-19(18)24-2/h3-13,21H,1-2H3/b20-13-. The zero-order valence-corrected chi connectivity index (χ0v) is 14.7. The van der Waals surface area contributed by atoms with Crippen LogP contribution in [0.2, 0.25) is 0 Å². The lowest BCUT2D eigenvalue weighted by Crippen LogP contribution is -2.18. The zero-order valence-electron chi connectivity index (χ0n) is 13.9. The minimum atomic E-state index is -3.71. The average molecular weight is 354 g/mol. The number of fused-ring (bicyclic) bond motifs is 1. The summed E-state index contributed by atoms with van der Waals surface area (Å²) < 4.78 is 30.0. The molecular weight excluding hydrogens is 336 g/mol. The first-order valence-corrected chi connectivity index (χ1v) is 9.17. The molecule has 0 aliphatic heterocycles. The molecule has 6 heteroatoms. The van der Waals surface area contributed by atoms with E-state index in [0.717, 1.165) is 16.3 Å². The molecule has 0 aromatic heterocycles. The van der Waals surface area contributed by atoms with Gasteiger partial charge in [-0.25, -0.2) is 4.83 Å². The molecule has 0 radical (unpaired) electrons. The Labute approximate surface area is 147 Å². The van der Waals surface area contributed by atoms with E-state index in [-0.39, 0.29) is 4.90 Å². The van der Waals surface area contributed by atoms with Crippen LogP contribution in [0, 0.1) is 6.92 Å². The van der Waals surface area contributed by atoms with Crippen LogP contribution in [0.5, 0.6) is 5.75 Å². The van der Waals surface area contributed by atoms with Gasteiger partial charge in [0.2, 0.25) is 0 Å². The monoisotopic (exact) mass is 354 g/mol. The molecule has 3 aromatic rings. The summed E-state index contributed by atoms with van der Waals surface area (Å²) in [6.45, 7) is 1.90. The lowest BCUT2D eigenvalue weighted by Gasteiger charge is -2.08. The number of hydrazone groups is 1. The van der Waals surface area contributed by atoms with Crippen LogP contribution in [0.15, 0.2) is 70.7 Å². The molecule has 0 saturated carbocycles. The highest BCUT2D eigenvalue weighted by Crippen LogP contribution is 2.26. The molecule has 0 spiro atoms. The van der Waals surface area contributed by atoms with Gasteiger partial charge in [0.05, 0.1) is 18.2 Å². The molecule has 0 aliphatic carbocycles. The van der Waals surface area contributed by atoms with Crippen LogP contribution in [0.3, 0.4) is 0 Å². The first-order valence-electron chi connectivity index (χ1n) is 7.68. The first kappa shape index (κ1) is 17.0. The largest absolute Gasteiger partial charge is 0.496 e. The van der Waals surface area contributed by atoms with Crippen LogP contribution < -0.4 is 9.57 Å². The van der Waals surface area contributed by atoms with Crippen molar-refractivity contribution in [2.45, 2.75) is 11.8 Å². The van der Waals surface area contributed by atoms with Gasteiger partial charge in [-0.1, -0.05) is 48.0 Å². The molecule has 0 saturated heterocycles. The van der Waals surface area contributed by atoms with Gasteiger partial charge in [0.25, 0.3) is 10.0 Å². The number of hydrogen-bond donors (Lipinski definition) is 1. The number of nitrogens with one attached hydrogen (secondary N) is 1. The highest BCUT2D eigenvalue weighted by molar-refractivity contribution is 7.89. The molecule has 0 bridgehead atoms. The predicted octanol–water partition coefficient (Wildman–Crippen LogP) is 3.47. The number of nitrogens with zero attached hydrogens (tertiary/aromatic N) is 1. The minimum Gasteiger partial charge on any atom is -0.496 e. The number of sulfonamides is 1. The molecule has 3 aromatic carbocycles. The number of methoxy groups -OCH3 is 1. The SMILES string of the molecule is COc1ccc2ccccc2c1/C=N\NS(=O)(=O)c1ccc(C)cc1. The van der Waals surface area contributed by atoms with E-state index in [2.05, 4.69) is 9.93 Å². The number of aryl methyl sites for hydroxylation is 1. The maximum Gasteiger partial charge on any atom is 0.276 e. The van der Waals surface area contributed by atoms with E-state index in [1.165, 1.54) is 6.21 Å². The second-order valence-corrected chi connectivity index (χ2v) is 7.23. The minimum absolute atomic E-state index is 0.167. The van der Waals surface area contributed by atoms with Gasteiger partial charge >= 0.3 is 0 Å². The quantitative estimate of drug-likeness (QED) is 0.563. The van der Waals surface area contributed by atoms with E-state index in [0.29, 0.717) is 11.3 Å². The highest BCUT2D eigenvalue weighted by Gasteiger charge is 2.12. The summed E-state index contributed by atoms with van der Waals surface area (Å²) in [5, 5.41) is 5.88. The van der Waals surface area contributed by atoms with Crippen molar-refractivity contribution in [3.8, 4) is 5.75 Å². The highest BCUT2D eigenvalue weighted by atomic mass is 32.2. The van der Waals surface area contributed by atoms with Crippen LogP contribution in [0.25, 0.3) is 10.8 Å². The molecule has 0 heterocycles. The van der Waals surface area contributed by atoms with Crippen LogP contribution >= 0.6 is 0 Å². The Balaban J connectivity index is 1.92. The summed E-state index contributed by atoms with van der Waals surface area (Å²) in [4.78, 5) is 2.41. The van der Waals surface area contributed by atoms with E-state index in [9.17, 15) is 8.42 Å². The van der Waals surface area contributed by atoms with E-state index >= 15 is 0 Å². The molecule has 0 amide bonds. The molecule has 0 unspecified atom stereocenters. The maximum absolute atomic E-state index is 12.3. The van der Waals surface area contributed by atoms with Gasteiger partial charge < -0.3 is 4.74 Å². The average Bonchev–Trinajstić information content (AvgIpc) is 2.62. The third-order valence-corrected chi connectivity index (χ3v) is 5.09. The lowest BCUT2D eigenvalue weighted by molar-refractivity contribution is 0.415. The summed E-state index contributed by atoms with van der Waals surface area (Å²) in [6, 6.07) is 18.1. The van der Waals surface area contributed by atoms with Crippen LogP contribution in [0.1, 0.15) is 11.1 Å². The molecule has 3 rings (SSSR count). The Morgan fingerprint density at radius 3 is 2.44 bits per heavy atom. The fourth-order valence-electron chi connectivity index (χ4n) is 2.52. The van der Waals surface area contributed by atoms with Crippen molar-refractivity contribution >= 4 is 27.0 Å². The first-order chi connectivity index (χ1) is 12.0. The molecule has 0 atom stereocenters. The summed E-state index contributed by atoms with van der Waals surface area (Å²) >= 11 is 0. The van der Waals surface area contributed by atoms with Gasteiger partial charge in [-0.15, -0.1) is 0 Å². The summed E-state index contributed by atoms with van der Waals surface area (Å²) in [7, 11) is -2.14. The third-order valence-electron chi connectivity index (χ3n) is 3.85. The van der Waals surface area contributed by atoms with Crippen molar-refractivity contribution in [2.75, 3.05) is 7.11 Å². The summed E-state index contributed by atoms with van der Waals surface area (Å²) in [5.41, 5.74) is 1.70. The molecule has 0 fully saturated rings. The fourth-order valence-corrected chi connectivity index (χ4v) is 3.31. The van der Waals surface area contributed by atoms with Gasteiger partial charge in [-0.2, -0.15) is 13.5 Å². The van der Waals surface area contributed by atoms with Crippen molar-refractivity contribution in [1.29, 1.82) is 0 Å². The lowest BCUT2D eigenvalue weighted by atomic mass is 10.0. The third kappa shape index (κ3) is 3.64. The zero-order chi connectivity index (χ0) is 17.9. The Morgan fingerprint density at radius 2 is 1.72 bits per heavy atom. The van der Waals surface area contributed by atoms with Crippen molar-refractivity contribution < 1.29 is 13.2 Å². The summed E-state index contributed by atoms with van der Waals surface area (Å²) in [6.07, 6.45) is 1.47. The van der Waals surface area contributed by atoms with Crippen LogP contribution in [0.4, 0.5) is 0 Å². The molecule has 5 nitrogen and oxygen atoms in total. The Kier molecular flexibility index (Phi) is 4.72. The van der Waals surface area contributed by atoms with E-state index < -0.39 is 10.0 Å². The molecule has 0 aliphatic rings. The normalized spacial score (nSPS) is 11.8. The maximum atomic E-state index is 12.3. The van der Waals surface area contributed by atoms with Crippen LogP contribution in [-0.2, 0) is 10.0 Å². The molecular formula is C19H18N2O3S. The number of rotatable bonds is 5. The van der Waals surface area contributed by atoms with Gasteiger partial charge in [-0.3, -0.25) is 0 Å². The fraction of sp³-hybridized carbons (Fsp3) is 0.105. The van der Waals surface area contributed by atoms with E-state index in [4.69, 9.17) is 4.74 Å². The van der Waals surface area contributed by atoms with E-state index in [1.807, 2.05) is 43.3 Å². The molecule has 1 N–H and O–H groups in total. The van der Waals surface area contributed by atoms with E-state index in [1.54, 1.807) is 31.4 Å². The van der Waals surface area contributed by atoms with Crippen LogP contribution in [-0.4, -0.2) is 21.7 Å². The van der Waals surface area contributed by atoms with Gasteiger partial charge in [0.15, 0.2) is 0 Å². The topological polar surface area (TPSA) is 67.8 Å². The number of ether oxygens (including phenoxy) is 1. The van der Waals surface area contributed by atoms with Gasteiger partial charge in [0, 0.05) is 5.56 Å². The Morgan fingerprint density at radius 1 is 1.00 bits per heavy atom. The van der Waals surface area contributed by atoms with Crippen molar-refractivity contribution in [2.24, 2.45) is 5.10 Å². The number of benzene rings is 3. The molecule has 25 heavy (non-hydrogen) atoms. The summed E-state index contributed by atoms with van der Waals surface area (Å²) in [5.74, 6) is 0.622. The Bertz CT molecular complexity index is 1030. The van der Waals surface area contributed by atoms with Crippen molar-refractivity contribution in [3.05, 3.63) is 71.8 Å². The predicted molar refractivity (Wildman–Crippen MR) is 99.6 cm³/mol. The van der Waals surface area contributed by atoms with Crippen molar-refractivity contribution in [3.63, 3.8) is 0 Å². The number of hydrogen-bond acceptors (Lipinski definition) is 4. The second-order valence-electron chi connectivity index (χ2n) is 5.57. The van der Waals surface area contributed by atoms with Gasteiger partial charge in [-0.05, 0) is 35.9 Å². The van der Waals surface area contributed by atoms with Crippen molar-refractivity contribution in [1.82, 2.24) is 4.83 Å². The molecule has 128 valence electrons. The smallest absolute Gasteiger partial charge is 0.276 e. The Hall–Kier alpha value is -2.86.